The lowest BCUT2D eigenvalue weighted by Crippen LogP contribution is -2.15. The Morgan fingerprint density at radius 1 is 0.536 bits per heavy atom. The minimum absolute atomic E-state index is 0.0411. The largest absolute Gasteiger partial charge is 0.0610 e. The predicted molar refractivity (Wildman–Crippen MR) is 124 cm³/mol. The van der Waals surface area contributed by atoms with Gasteiger partial charge in [0.15, 0.2) is 0 Å². The van der Waals surface area contributed by atoms with Crippen molar-refractivity contribution in [3.05, 3.63) is 81.4 Å². The van der Waals surface area contributed by atoms with E-state index in [1.807, 2.05) is 0 Å². The molecule has 0 aromatic heterocycles. The van der Waals surface area contributed by atoms with Crippen molar-refractivity contribution in [1.29, 1.82) is 0 Å². The first-order valence-corrected chi connectivity index (χ1v) is 10.3. The molecule has 0 nitrogen and oxygen atoms in total. The third-order valence-corrected chi connectivity index (χ3v) is 5.71. The first-order valence-electron chi connectivity index (χ1n) is 10.3. The van der Waals surface area contributed by atoms with E-state index in [1.54, 1.807) is 0 Å². The zero-order chi connectivity index (χ0) is 20.8. The minimum atomic E-state index is 0.0411. The van der Waals surface area contributed by atoms with E-state index in [1.165, 1.54) is 61.2 Å². The molecule has 0 heterocycles. The molecule has 0 saturated carbocycles. The second-order valence-corrected chi connectivity index (χ2v) is 9.53. The summed E-state index contributed by atoms with van der Waals surface area (Å²) in [5.41, 5.74) is 15.1. The highest BCUT2D eigenvalue weighted by Crippen LogP contribution is 2.44. The van der Waals surface area contributed by atoms with Crippen LogP contribution < -0.4 is 0 Å². The SMILES string of the molecule is Cc1cc(C)c(-c2cccc(-c3c(C)cc(C)cc3C)c2C(C)(C)C)c(C)c1. The van der Waals surface area contributed by atoms with Gasteiger partial charge in [0.2, 0.25) is 0 Å². The fourth-order valence-electron chi connectivity index (χ4n) is 4.99. The summed E-state index contributed by atoms with van der Waals surface area (Å²) in [7, 11) is 0. The van der Waals surface area contributed by atoms with Crippen LogP contribution in [-0.2, 0) is 5.41 Å². The molecule has 28 heavy (non-hydrogen) atoms. The Kier molecular flexibility index (Phi) is 5.28. The van der Waals surface area contributed by atoms with E-state index in [-0.39, 0.29) is 5.41 Å². The number of benzene rings is 3. The van der Waals surface area contributed by atoms with Crippen molar-refractivity contribution in [3.8, 4) is 22.3 Å². The van der Waals surface area contributed by atoms with Crippen LogP contribution in [0.25, 0.3) is 22.3 Å². The van der Waals surface area contributed by atoms with E-state index in [9.17, 15) is 0 Å². The van der Waals surface area contributed by atoms with Crippen LogP contribution in [0.4, 0.5) is 0 Å². The van der Waals surface area contributed by atoms with Crippen LogP contribution in [0.1, 0.15) is 59.7 Å². The maximum absolute atomic E-state index is 2.34. The highest BCUT2D eigenvalue weighted by Gasteiger charge is 2.25. The third kappa shape index (κ3) is 3.65. The number of aryl methyl sites for hydroxylation is 6. The molecule has 0 heteroatoms. The number of hydrogen-bond acceptors (Lipinski definition) is 0. The predicted octanol–water partition coefficient (Wildman–Crippen LogP) is 8.17. The Bertz CT molecular complexity index is 920. The Morgan fingerprint density at radius 3 is 1.14 bits per heavy atom. The summed E-state index contributed by atoms with van der Waals surface area (Å²) in [6.45, 7) is 20.4. The summed E-state index contributed by atoms with van der Waals surface area (Å²) < 4.78 is 0. The number of hydrogen-bond donors (Lipinski definition) is 0. The van der Waals surface area contributed by atoms with Crippen molar-refractivity contribution >= 4 is 0 Å². The molecule has 3 aromatic rings. The van der Waals surface area contributed by atoms with E-state index < -0.39 is 0 Å². The molecule has 3 aromatic carbocycles. The lowest BCUT2D eigenvalue weighted by Gasteiger charge is -2.29. The number of rotatable bonds is 2. The van der Waals surface area contributed by atoms with Gasteiger partial charge in [-0.1, -0.05) is 74.4 Å². The quantitative estimate of drug-likeness (QED) is 0.427. The van der Waals surface area contributed by atoms with Crippen molar-refractivity contribution in [1.82, 2.24) is 0 Å². The summed E-state index contributed by atoms with van der Waals surface area (Å²) in [6, 6.07) is 16.1. The van der Waals surface area contributed by atoms with Gasteiger partial charge in [0, 0.05) is 0 Å². The highest BCUT2D eigenvalue weighted by molar-refractivity contribution is 5.85. The van der Waals surface area contributed by atoms with Crippen LogP contribution in [0.2, 0.25) is 0 Å². The van der Waals surface area contributed by atoms with E-state index in [0.29, 0.717) is 0 Å². The summed E-state index contributed by atoms with van der Waals surface area (Å²) in [5.74, 6) is 0. The summed E-state index contributed by atoms with van der Waals surface area (Å²) in [4.78, 5) is 0. The molecule has 0 saturated heterocycles. The average Bonchev–Trinajstić information content (AvgIpc) is 2.51. The molecule has 0 amide bonds. The molecule has 0 aliphatic carbocycles. The van der Waals surface area contributed by atoms with E-state index in [0.717, 1.165) is 0 Å². The summed E-state index contributed by atoms with van der Waals surface area (Å²) >= 11 is 0. The molecular weight excluding hydrogens is 336 g/mol. The fraction of sp³-hybridized carbons (Fsp3) is 0.357. The van der Waals surface area contributed by atoms with E-state index in [4.69, 9.17) is 0 Å². The van der Waals surface area contributed by atoms with Gasteiger partial charge in [0.25, 0.3) is 0 Å². The van der Waals surface area contributed by atoms with Gasteiger partial charge in [-0.2, -0.15) is 0 Å². The second kappa shape index (κ2) is 7.24. The summed E-state index contributed by atoms with van der Waals surface area (Å²) in [6.07, 6.45) is 0. The maximum atomic E-state index is 2.34. The standard InChI is InChI=1S/C28H34/c1-17-13-19(3)25(20(4)14-17)23-11-10-12-24(27(23)28(7,8)9)26-21(5)15-18(2)16-22(26)6/h10-16H,1-9H3. The third-order valence-electron chi connectivity index (χ3n) is 5.71. The lowest BCUT2D eigenvalue weighted by molar-refractivity contribution is 0.593. The molecule has 0 N–H and O–H groups in total. The highest BCUT2D eigenvalue weighted by atomic mass is 14.3. The molecular formula is C28H34. The topological polar surface area (TPSA) is 0 Å². The van der Waals surface area contributed by atoms with Crippen molar-refractivity contribution in [2.45, 2.75) is 67.7 Å². The van der Waals surface area contributed by atoms with E-state index in [2.05, 4.69) is 105 Å². The van der Waals surface area contributed by atoms with Crippen LogP contribution >= 0.6 is 0 Å². The van der Waals surface area contributed by atoms with Gasteiger partial charge < -0.3 is 0 Å². The van der Waals surface area contributed by atoms with Crippen molar-refractivity contribution in [2.24, 2.45) is 0 Å². The van der Waals surface area contributed by atoms with Crippen molar-refractivity contribution < 1.29 is 0 Å². The normalized spacial score (nSPS) is 11.8. The van der Waals surface area contributed by atoms with Gasteiger partial charge in [0.1, 0.15) is 0 Å². The lowest BCUT2D eigenvalue weighted by atomic mass is 9.75. The van der Waals surface area contributed by atoms with Crippen LogP contribution in [0.15, 0.2) is 42.5 Å². The molecule has 0 bridgehead atoms. The Hall–Kier alpha value is -2.34. The van der Waals surface area contributed by atoms with Gasteiger partial charge in [0.05, 0.1) is 0 Å². The van der Waals surface area contributed by atoms with Gasteiger partial charge in [-0.05, 0) is 97.0 Å². The van der Waals surface area contributed by atoms with Crippen molar-refractivity contribution in [3.63, 3.8) is 0 Å². The van der Waals surface area contributed by atoms with E-state index >= 15 is 0 Å². The van der Waals surface area contributed by atoms with Crippen LogP contribution in [0.5, 0.6) is 0 Å². The monoisotopic (exact) mass is 370 g/mol. The molecule has 146 valence electrons. The smallest absolute Gasteiger partial charge is 0.0120 e. The molecule has 0 aliphatic heterocycles. The molecule has 0 spiro atoms. The fourth-order valence-corrected chi connectivity index (χ4v) is 4.99. The maximum Gasteiger partial charge on any atom is -0.0120 e. The van der Waals surface area contributed by atoms with Crippen LogP contribution in [0, 0.1) is 41.5 Å². The van der Waals surface area contributed by atoms with Gasteiger partial charge in [-0.3, -0.25) is 0 Å². The molecule has 0 unspecified atom stereocenters. The Balaban J connectivity index is 2.43. The average molecular weight is 371 g/mol. The zero-order valence-electron chi connectivity index (χ0n) is 19.0. The first-order chi connectivity index (χ1) is 13.0. The molecule has 0 fully saturated rings. The molecule has 0 aliphatic rings. The zero-order valence-corrected chi connectivity index (χ0v) is 19.0. The Morgan fingerprint density at radius 2 is 0.857 bits per heavy atom. The molecule has 0 radical (unpaired) electrons. The van der Waals surface area contributed by atoms with Gasteiger partial charge in [-0.25, -0.2) is 0 Å². The second-order valence-electron chi connectivity index (χ2n) is 9.53. The first kappa shape index (κ1) is 20.4. The van der Waals surface area contributed by atoms with Crippen LogP contribution in [0.3, 0.4) is 0 Å². The summed E-state index contributed by atoms with van der Waals surface area (Å²) in [5, 5.41) is 0. The van der Waals surface area contributed by atoms with Crippen LogP contribution in [-0.4, -0.2) is 0 Å². The molecule has 0 atom stereocenters. The van der Waals surface area contributed by atoms with Gasteiger partial charge >= 0.3 is 0 Å². The molecule has 3 rings (SSSR count). The Labute approximate surface area is 171 Å². The minimum Gasteiger partial charge on any atom is -0.0610 e. The van der Waals surface area contributed by atoms with Crippen molar-refractivity contribution in [2.75, 3.05) is 0 Å². The van der Waals surface area contributed by atoms with Gasteiger partial charge in [-0.15, -0.1) is 0 Å².